The maximum Gasteiger partial charge on any atom is 0.0701 e. The minimum Gasteiger partial charge on any atom is -0.379 e. The molecule has 0 aliphatic carbocycles. The van der Waals surface area contributed by atoms with Crippen LogP contribution in [0.3, 0.4) is 0 Å². The van der Waals surface area contributed by atoms with Gasteiger partial charge >= 0.3 is 0 Å². The molecule has 0 aromatic carbocycles. The van der Waals surface area contributed by atoms with E-state index in [1.165, 1.54) is 64.2 Å². The SMILES string of the molecule is CCCCCCCCCCCCOCCOCCOCCOCC. The maximum atomic E-state index is 5.58. The highest BCUT2D eigenvalue weighted by Crippen LogP contribution is 2.10. The Labute approximate surface area is 150 Å². The van der Waals surface area contributed by atoms with Crippen molar-refractivity contribution in [1.29, 1.82) is 0 Å². The van der Waals surface area contributed by atoms with Crippen LogP contribution < -0.4 is 0 Å². The van der Waals surface area contributed by atoms with Crippen LogP contribution in [-0.2, 0) is 18.9 Å². The predicted molar refractivity (Wildman–Crippen MR) is 101 cm³/mol. The van der Waals surface area contributed by atoms with Gasteiger partial charge in [-0.25, -0.2) is 0 Å². The highest BCUT2D eigenvalue weighted by atomic mass is 16.6. The number of rotatable bonds is 21. The first-order valence-corrected chi connectivity index (χ1v) is 10.2. The topological polar surface area (TPSA) is 36.9 Å². The molecule has 0 fully saturated rings. The van der Waals surface area contributed by atoms with E-state index in [4.69, 9.17) is 18.9 Å². The summed E-state index contributed by atoms with van der Waals surface area (Å²) in [6, 6.07) is 0. The van der Waals surface area contributed by atoms with Gasteiger partial charge in [0.25, 0.3) is 0 Å². The Morgan fingerprint density at radius 2 is 0.750 bits per heavy atom. The Hall–Kier alpha value is -0.160. The zero-order chi connectivity index (χ0) is 17.6. The van der Waals surface area contributed by atoms with Crippen molar-refractivity contribution in [3.63, 3.8) is 0 Å². The molecular formula is C20H42O4. The lowest BCUT2D eigenvalue weighted by atomic mass is 10.1. The van der Waals surface area contributed by atoms with Crippen molar-refractivity contribution >= 4 is 0 Å². The average Bonchev–Trinajstić information content (AvgIpc) is 2.60. The minimum absolute atomic E-state index is 0.630. The molecule has 4 nitrogen and oxygen atoms in total. The number of hydrogen-bond donors (Lipinski definition) is 0. The van der Waals surface area contributed by atoms with Crippen molar-refractivity contribution < 1.29 is 18.9 Å². The molecule has 0 saturated heterocycles. The Morgan fingerprint density at radius 3 is 1.21 bits per heavy atom. The van der Waals surface area contributed by atoms with Crippen molar-refractivity contribution in [3.05, 3.63) is 0 Å². The van der Waals surface area contributed by atoms with E-state index in [0.717, 1.165) is 13.2 Å². The second kappa shape index (κ2) is 22.8. The van der Waals surface area contributed by atoms with E-state index >= 15 is 0 Å². The molecule has 0 bridgehead atoms. The lowest BCUT2D eigenvalue weighted by Gasteiger charge is -2.07. The zero-order valence-corrected chi connectivity index (χ0v) is 16.4. The fraction of sp³-hybridized carbons (Fsp3) is 1.00. The van der Waals surface area contributed by atoms with E-state index < -0.39 is 0 Å². The molecule has 0 rings (SSSR count). The van der Waals surface area contributed by atoms with Gasteiger partial charge in [0, 0.05) is 13.2 Å². The monoisotopic (exact) mass is 346 g/mol. The summed E-state index contributed by atoms with van der Waals surface area (Å²) in [6.07, 6.45) is 13.6. The molecular weight excluding hydrogens is 304 g/mol. The lowest BCUT2D eigenvalue weighted by molar-refractivity contribution is -0.000841. The molecule has 0 aliphatic rings. The van der Waals surface area contributed by atoms with Gasteiger partial charge in [0.05, 0.1) is 39.6 Å². The van der Waals surface area contributed by atoms with E-state index in [1.54, 1.807) is 0 Å². The van der Waals surface area contributed by atoms with Gasteiger partial charge in [-0.2, -0.15) is 0 Å². The van der Waals surface area contributed by atoms with Crippen molar-refractivity contribution in [1.82, 2.24) is 0 Å². The second-order valence-corrected chi connectivity index (χ2v) is 6.22. The van der Waals surface area contributed by atoms with Crippen LogP contribution in [-0.4, -0.2) is 52.9 Å². The largest absolute Gasteiger partial charge is 0.379 e. The zero-order valence-electron chi connectivity index (χ0n) is 16.4. The summed E-state index contributed by atoms with van der Waals surface area (Å²) in [4.78, 5) is 0. The molecule has 0 unspecified atom stereocenters. The van der Waals surface area contributed by atoms with E-state index in [2.05, 4.69) is 6.92 Å². The fourth-order valence-corrected chi connectivity index (χ4v) is 2.50. The van der Waals surface area contributed by atoms with Crippen LogP contribution in [0.1, 0.15) is 78.1 Å². The predicted octanol–water partition coefficient (Wildman–Crippen LogP) is 4.99. The van der Waals surface area contributed by atoms with Crippen LogP contribution in [0.2, 0.25) is 0 Å². The summed E-state index contributed by atoms with van der Waals surface area (Å²) in [5, 5.41) is 0. The normalized spacial score (nSPS) is 11.2. The van der Waals surface area contributed by atoms with Crippen LogP contribution in [0.4, 0.5) is 0 Å². The molecule has 0 saturated carbocycles. The second-order valence-electron chi connectivity index (χ2n) is 6.22. The first-order valence-electron chi connectivity index (χ1n) is 10.2. The Balaban J connectivity index is 2.93. The van der Waals surface area contributed by atoms with Crippen LogP contribution in [0.5, 0.6) is 0 Å². The summed E-state index contributed by atoms with van der Waals surface area (Å²) in [7, 11) is 0. The van der Waals surface area contributed by atoms with Crippen LogP contribution in [0.15, 0.2) is 0 Å². The molecule has 0 spiro atoms. The van der Waals surface area contributed by atoms with E-state index in [0.29, 0.717) is 39.6 Å². The van der Waals surface area contributed by atoms with Crippen LogP contribution >= 0.6 is 0 Å². The average molecular weight is 347 g/mol. The molecule has 0 radical (unpaired) electrons. The third-order valence-corrected chi connectivity index (χ3v) is 3.96. The molecule has 0 atom stereocenters. The fourth-order valence-electron chi connectivity index (χ4n) is 2.50. The molecule has 0 aromatic heterocycles. The van der Waals surface area contributed by atoms with Crippen molar-refractivity contribution in [2.45, 2.75) is 78.1 Å². The first kappa shape index (κ1) is 23.8. The van der Waals surface area contributed by atoms with Gasteiger partial charge in [0.2, 0.25) is 0 Å². The van der Waals surface area contributed by atoms with Gasteiger partial charge in [-0.05, 0) is 13.3 Å². The summed E-state index contributed by atoms with van der Waals surface area (Å²) < 4.78 is 21.6. The Bertz CT molecular complexity index is 190. The Morgan fingerprint density at radius 1 is 0.375 bits per heavy atom. The third-order valence-electron chi connectivity index (χ3n) is 3.96. The van der Waals surface area contributed by atoms with Gasteiger partial charge in [-0.15, -0.1) is 0 Å². The molecule has 24 heavy (non-hydrogen) atoms. The van der Waals surface area contributed by atoms with Gasteiger partial charge in [-0.1, -0.05) is 64.7 Å². The number of unbranched alkanes of at least 4 members (excludes halogenated alkanes) is 9. The molecule has 0 aromatic rings. The quantitative estimate of drug-likeness (QED) is 0.274. The van der Waals surface area contributed by atoms with Gasteiger partial charge in [0.15, 0.2) is 0 Å². The molecule has 0 aliphatic heterocycles. The molecule has 146 valence electrons. The van der Waals surface area contributed by atoms with Crippen LogP contribution in [0, 0.1) is 0 Å². The summed E-state index contributed by atoms with van der Waals surface area (Å²) in [5.41, 5.74) is 0. The van der Waals surface area contributed by atoms with Gasteiger partial charge in [-0.3, -0.25) is 0 Å². The first-order chi connectivity index (χ1) is 11.9. The highest BCUT2D eigenvalue weighted by Gasteiger charge is 1.94. The Kier molecular flexibility index (Phi) is 22.7. The summed E-state index contributed by atoms with van der Waals surface area (Å²) in [5.74, 6) is 0. The standard InChI is InChI=1S/C20H42O4/c1-3-5-6-7-8-9-10-11-12-13-14-22-17-18-24-20-19-23-16-15-21-4-2/h3-20H2,1-2H3. The maximum absolute atomic E-state index is 5.58. The number of ether oxygens (including phenoxy) is 4. The van der Waals surface area contributed by atoms with E-state index in [9.17, 15) is 0 Å². The lowest BCUT2D eigenvalue weighted by Crippen LogP contribution is -2.12. The highest BCUT2D eigenvalue weighted by molar-refractivity contribution is 4.47. The van der Waals surface area contributed by atoms with Gasteiger partial charge in [0.1, 0.15) is 0 Å². The molecule has 0 amide bonds. The van der Waals surface area contributed by atoms with E-state index in [-0.39, 0.29) is 0 Å². The number of hydrogen-bond acceptors (Lipinski definition) is 4. The van der Waals surface area contributed by atoms with Crippen molar-refractivity contribution in [3.8, 4) is 0 Å². The van der Waals surface area contributed by atoms with Crippen LogP contribution in [0.25, 0.3) is 0 Å². The van der Waals surface area contributed by atoms with E-state index in [1.807, 2.05) is 6.92 Å². The van der Waals surface area contributed by atoms with Crippen molar-refractivity contribution in [2.24, 2.45) is 0 Å². The summed E-state index contributed by atoms with van der Waals surface area (Å²) >= 11 is 0. The third kappa shape index (κ3) is 21.8. The molecule has 0 N–H and O–H groups in total. The smallest absolute Gasteiger partial charge is 0.0701 e. The minimum atomic E-state index is 0.630. The van der Waals surface area contributed by atoms with Gasteiger partial charge < -0.3 is 18.9 Å². The summed E-state index contributed by atoms with van der Waals surface area (Å²) in [6.45, 7) is 9.79. The molecule has 4 heteroatoms. The molecule has 0 heterocycles. The van der Waals surface area contributed by atoms with Crippen molar-refractivity contribution in [2.75, 3.05) is 52.9 Å².